The van der Waals surface area contributed by atoms with E-state index in [0.29, 0.717) is 0 Å². The molecule has 1 aliphatic heterocycles. The smallest absolute Gasteiger partial charge is 0.181 e. The van der Waals surface area contributed by atoms with Crippen LogP contribution in [0.25, 0.3) is 32.5 Å². The Labute approximate surface area is 154 Å². The van der Waals surface area contributed by atoms with Gasteiger partial charge in [0.25, 0.3) is 0 Å². The third-order valence-corrected chi connectivity index (χ3v) is 6.29. The lowest BCUT2D eigenvalue weighted by Crippen LogP contribution is -2.48. The molecule has 1 fully saturated rings. The lowest BCUT2D eigenvalue weighted by atomic mass is 9.97. The van der Waals surface area contributed by atoms with Gasteiger partial charge in [-0.1, -0.05) is 0 Å². The molecule has 0 spiro atoms. The first-order valence-corrected chi connectivity index (χ1v) is 9.49. The lowest BCUT2D eigenvalue weighted by molar-refractivity contribution is 0.00367. The Kier molecular flexibility index (Phi) is 3.56. The summed E-state index contributed by atoms with van der Waals surface area (Å²) in [7, 11) is 3.95. The van der Waals surface area contributed by atoms with Crippen molar-refractivity contribution in [3.63, 3.8) is 0 Å². The highest BCUT2D eigenvalue weighted by atomic mass is 32.1. The molecule has 5 rings (SSSR count). The van der Waals surface area contributed by atoms with Crippen LogP contribution < -0.4 is 0 Å². The van der Waals surface area contributed by atoms with Crippen molar-refractivity contribution < 1.29 is 5.11 Å². The SMILES string of the molecule is CN1CC[C@H]1[C@H](O)c1cc2ccc(-c3cnc4nn(C)cc4c3)nc2s1. The molecule has 4 aromatic heterocycles. The number of thiophene rings is 1. The monoisotopic (exact) mass is 365 g/mol. The average molecular weight is 365 g/mol. The van der Waals surface area contributed by atoms with E-state index in [9.17, 15) is 5.11 Å². The Balaban J connectivity index is 1.52. The molecule has 0 aliphatic carbocycles. The number of aryl methyl sites for hydroxylation is 1. The molecular weight excluding hydrogens is 346 g/mol. The van der Waals surface area contributed by atoms with Crippen LogP contribution >= 0.6 is 11.3 Å². The van der Waals surface area contributed by atoms with Crippen molar-refractivity contribution in [3.8, 4) is 11.3 Å². The maximum Gasteiger partial charge on any atom is 0.181 e. The second kappa shape index (κ2) is 5.84. The molecule has 2 atom stereocenters. The number of likely N-dealkylation sites (N-methyl/N-ethyl adjacent to an activating group) is 1. The van der Waals surface area contributed by atoms with Crippen molar-refractivity contribution >= 4 is 32.6 Å². The molecular formula is C19H19N5OS. The molecule has 0 unspecified atom stereocenters. The molecule has 1 aliphatic rings. The average Bonchev–Trinajstić information content (AvgIpc) is 3.21. The van der Waals surface area contributed by atoms with Gasteiger partial charge in [0, 0.05) is 46.7 Å². The maximum atomic E-state index is 10.6. The molecule has 6 nitrogen and oxygen atoms in total. The summed E-state index contributed by atoms with van der Waals surface area (Å²) >= 11 is 1.58. The summed E-state index contributed by atoms with van der Waals surface area (Å²) in [5.41, 5.74) is 2.60. The highest BCUT2D eigenvalue weighted by Crippen LogP contribution is 2.36. The summed E-state index contributed by atoms with van der Waals surface area (Å²) in [5.74, 6) is 0. The second-order valence-electron chi connectivity index (χ2n) is 6.96. The van der Waals surface area contributed by atoms with Crippen LogP contribution in [0.1, 0.15) is 17.4 Å². The van der Waals surface area contributed by atoms with Gasteiger partial charge in [-0.2, -0.15) is 5.10 Å². The van der Waals surface area contributed by atoms with Crippen molar-refractivity contribution in [3.05, 3.63) is 41.5 Å². The van der Waals surface area contributed by atoms with Crippen molar-refractivity contribution in [1.82, 2.24) is 24.6 Å². The van der Waals surface area contributed by atoms with E-state index in [0.717, 1.165) is 50.4 Å². The van der Waals surface area contributed by atoms with E-state index in [1.165, 1.54) is 0 Å². The Morgan fingerprint density at radius 1 is 1.23 bits per heavy atom. The molecule has 0 radical (unpaired) electrons. The van der Waals surface area contributed by atoms with Crippen LogP contribution in [-0.4, -0.2) is 49.4 Å². The van der Waals surface area contributed by atoms with Gasteiger partial charge in [0.1, 0.15) is 10.9 Å². The zero-order valence-corrected chi connectivity index (χ0v) is 15.4. The lowest BCUT2D eigenvalue weighted by Gasteiger charge is -2.40. The first-order valence-electron chi connectivity index (χ1n) is 8.67. The van der Waals surface area contributed by atoms with Gasteiger partial charge < -0.3 is 10.0 Å². The number of pyridine rings is 2. The van der Waals surface area contributed by atoms with Crippen LogP contribution in [0.15, 0.2) is 36.7 Å². The van der Waals surface area contributed by atoms with E-state index < -0.39 is 6.10 Å². The van der Waals surface area contributed by atoms with Crippen molar-refractivity contribution in [2.24, 2.45) is 7.05 Å². The standard InChI is InChI=1S/C19H19N5OS/c1-23-6-5-15(23)17(25)16-8-11-3-4-14(21-19(11)26-16)12-7-13-10-24(2)22-18(13)20-9-12/h3-4,7-10,15,17,25H,5-6H2,1-2H3/t15-,17-/m0/s1. The quantitative estimate of drug-likeness (QED) is 0.605. The fourth-order valence-corrected chi connectivity index (χ4v) is 4.62. The summed E-state index contributed by atoms with van der Waals surface area (Å²) in [5, 5.41) is 17.0. The van der Waals surface area contributed by atoms with Crippen molar-refractivity contribution in [2.45, 2.75) is 18.6 Å². The maximum absolute atomic E-state index is 10.6. The molecule has 1 saturated heterocycles. The molecule has 4 aromatic rings. The first-order chi connectivity index (χ1) is 12.6. The number of aliphatic hydroxyl groups is 1. The Morgan fingerprint density at radius 3 is 2.88 bits per heavy atom. The van der Waals surface area contributed by atoms with Gasteiger partial charge in [0.15, 0.2) is 5.65 Å². The Morgan fingerprint density at radius 2 is 2.12 bits per heavy atom. The second-order valence-corrected chi connectivity index (χ2v) is 8.02. The number of nitrogens with zero attached hydrogens (tertiary/aromatic N) is 5. The molecule has 0 saturated carbocycles. The third kappa shape index (κ3) is 2.51. The molecule has 7 heteroatoms. The highest BCUT2D eigenvalue weighted by Gasteiger charge is 2.32. The zero-order valence-electron chi connectivity index (χ0n) is 14.6. The van der Waals surface area contributed by atoms with Crippen LogP contribution in [0.4, 0.5) is 0 Å². The Bertz CT molecular complexity index is 1120. The van der Waals surface area contributed by atoms with E-state index in [1.54, 1.807) is 16.0 Å². The number of aromatic nitrogens is 4. The summed E-state index contributed by atoms with van der Waals surface area (Å²) in [4.78, 5) is 13.4. The van der Waals surface area contributed by atoms with Crippen LogP contribution in [0.3, 0.4) is 0 Å². The van der Waals surface area contributed by atoms with Crippen LogP contribution in [0.5, 0.6) is 0 Å². The molecule has 5 heterocycles. The predicted molar refractivity (Wildman–Crippen MR) is 103 cm³/mol. The zero-order chi connectivity index (χ0) is 17.8. The molecule has 1 N–H and O–H groups in total. The number of aliphatic hydroxyl groups excluding tert-OH is 1. The van der Waals surface area contributed by atoms with Gasteiger partial charge in [0.05, 0.1) is 5.69 Å². The van der Waals surface area contributed by atoms with Crippen LogP contribution in [-0.2, 0) is 7.05 Å². The van der Waals surface area contributed by atoms with Crippen LogP contribution in [0.2, 0.25) is 0 Å². The minimum Gasteiger partial charge on any atom is -0.386 e. The number of fused-ring (bicyclic) bond motifs is 2. The number of rotatable bonds is 3. The van der Waals surface area contributed by atoms with Gasteiger partial charge >= 0.3 is 0 Å². The summed E-state index contributed by atoms with van der Waals surface area (Å²) in [6.07, 6.45) is 4.38. The van der Waals surface area contributed by atoms with Crippen molar-refractivity contribution in [2.75, 3.05) is 13.6 Å². The van der Waals surface area contributed by atoms with E-state index in [-0.39, 0.29) is 6.04 Å². The van der Waals surface area contributed by atoms with Gasteiger partial charge in [-0.3, -0.25) is 4.68 Å². The number of likely N-dealkylation sites (tertiary alicyclic amines) is 1. The molecule has 132 valence electrons. The minimum atomic E-state index is -0.440. The predicted octanol–water partition coefficient (Wildman–Crippen LogP) is 2.98. The van der Waals surface area contributed by atoms with Gasteiger partial charge in [-0.25, -0.2) is 9.97 Å². The third-order valence-electron chi connectivity index (χ3n) is 5.17. The van der Waals surface area contributed by atoms with Crippen LogP contribution in [0, 0.1) is 0 Å². The number of hydrogen-bond donors (Lipinski definition) is 1. The van der Waals surface area contributed by atoms with Crippen molar-refractivity contribution in [1.29, 1.82) is 0 Å². The van der Waals surface area contributed by atoms with Gasteiger partial charge in [-0.05, 0) is 44.3 Å². The largest absolute Gasteiger partial charge is 0.386 e. The Hall–Kier alpha value is -2.35. The van der Waals surface area contributed by atoms with Gasteiger partial charge in [0.2, 0.25) is 0 Å². The number of hydrogen-bond acceptors (Lipinski definition) is 6. The van der Waals surface area contributed by atoms with E-state index >= 15 is 0 Å². The normalized spacial score (nSPS) is 19.1. The summed E-state index contributed by atoms with van der Waals surface area (Å²) < 4.78 is 1.77. The topological polar surface area (TPSA) is 67.1 Å². The molecule has 26 heavy (non-hydrogen) atoms. The first kappa shape index (κ1) is 15.9. The fourth-order valence-electron chi connectivity index (χ4n) is 3.54. The minimum absolute atomic E-state index is 0.222. The molecule has 0 bridgehead atoms. The summed E-state index contributed by atoms with van der Waals surface area (Å²) in [6, 6.07) is 8.44. The molecule has 0 aromatic carbocycles. The molecule has 0 amide bonds. The summed E-state index contributed by atoms with van der Waals surface area (Å²) in [6.45, 7) is 1.05. The van der Waals surface area contributed by atoms with E-state index in [4.69, 9.17) is 4.98 Å². The van der Waals surface area contributed by atoms with E-state index in [1.807, 2.05) is 25.5 Å². The van der Waals surface area contributed by atoms with Gasteiger partial charge in [-0.15, -0.1) is 11.3 Å². The highest BCUT2D eigenvalue weighted by molar-refractivity contribution is 7.18. The fraction of sp³-hybridized carbons (Fsp3) is 0.316. The van der Waals surface area contributed by atoms with E-state index in [2.05, 4.69) is 40.2 Å².